The fourth-order valence-electron chi connectivity index (χ4n) is 5.21. The number of rotatable bonds is 10. The molecule has 204 valence electrons. The number of phenols is 1. The molecule has 2 atom stereocenters. The molecule has 0 saturated heterocycles. The first kappa shape index (κ1) is 32.3. The van der Waals surface area contributed by atoms with Crippen molar-refractivity contribution < 1.29 is 33.1 Å². The van der Waals surface area contributed by atoms with E-state index in [4.69, 9.17) is 9.05 Å². The largest absolute Gasteiger partial charge is 0.507 e. The molecule has 0 bridgehead atoms. The third kappa shape index (κ3) is 6.08. The summed E-state index contributed by atoms with van der Waals surface area (Å²) in [4.78, 5) is 19.9. The van der Waals surface area contributed by atoms with E-state index in [-0.39, 0.29) is 24.9 Å². The smallest absolute Gasteiger partial charge is 0.349 e. The highest BCUT2D eigenvalue weighted by molar-refractivity contribution is 7.73. The molecule has 2 unspecified atom stereocenters. The molecule has 0 amide bonds. The molecule has 0 heterocycles. The second-order valence-corrected chi connectivity index (χ2v) is 16.4. The summed E-state index contributed by atoms with van der Waals surface area (Å²) in [6.07, 6.45) is 0. The first-order valence-electron chi connectivity index (χ1n) is 12.5. The van der Waals surface area contributed by atoms with Gasteiger partial charge in [-0.15, -0.1) is 0 Å². The average molecular weight is 535 g/mol. The Kier molecular flexibility index (Phi) is 10.1. The van der Waals surface area contributed by atoms with Crippen LogP contribution in [0.15, 0.2) is 12.1 Å². The Labute approximate surface area is 212 Å². The van der Waals surface area contributed by atoms with Gasteiger partial charge in [0.2, 0.25) is 0 Å². The maximum absolute atomic E-state index is 14.5. The van der Waals surface area contributed by atoms with Crippen molar-refractivity contribution in [2.24, 2.45) is 11.8 Å². The summed E-state index contributed by atoms with van der Waals surface area (Å²) in [5, 5.41) is 11.2. The fourth-order valence-corrected chi connectivity index (χ4v) is 10.9. The predicted molar refractivity (Wildman–Crippen MR) is 144 cm³/mol. The van der Waals surface area contributed by atoms with Gasteiger partial charge >= 0.3 is 15.2 Å². The van der Waals surface area contributed by atoms with Crippen LogP contribution >= 0.6 is 15.2 Å². The Morgan fingerprint density at radius 2 is 1.20 bits per heavy atom. The van der Waals surface area contributed by atoms with Crippen LogP contribution < -0.4 is 0 Å². The van der Waals surface area contributed by atoms with E-state index in [0.29, 0.717) is 16.7 Å². The molecule has 0 aliphatic heterocycles. The minimum Gasteiger partial charge on any atom is -0.507 e. The summed E-state index contributed by atoms with van der Waals surface area (Å²) in [7, 11) is -9.48. The maximum atomic E-state index is 14.5. The SMILES string of the molecule is CCOP(=O)(OCC)C(C(C)C)(C(c1cc(C(C)(C)C)c(O)c(C(C)(C)C)c1)C(C)C)P(=O)(O)O. The predicted octanol–water partition coefficient (Wildman–Crippen LogP) is 7.52. The van der Waals surface area contributed by atoms with Crippen LogP contribution in [0.5, 0.6) is 5.75 Å². The Bertz CT molecular complexity index is 922. The van der Waals surface area contributed by atoms with Gasteiger partial charge in [-0.3, -0.25) is 9.13 Å². The van der Waals surface area contributed by atoms with E-state index in [9.17, 15) is 24.0 Å². The number of benzene rings is 1. The van der Waals surface area contributed by atoms with Crippen molar-refractivity contribution >= 4 is 15.2 Å². The topological polar surface area (TPSA) is 113 Å². The summed E-state index contributed by atoms with van der Waals surface area (Å²) in [5.41, 5.74) is 1.03. The molecule has 1 rings (SSSR count). The van der Waals surface area contributed by atoms with Gasteiger partial charge in [-0.25, -0.2) is 0 Å². The van der Waals surface area contributed by atoms with Crippen molar-refractivity contribution in [1.29, 1.82) is 0 Å². The van der Waals surface area contributed by atoms with Gasteiger partial charge in [-0.2, -0.15) is 0 Å². The van der Waals surface area contributed by atoms with Crippen LogP contribution in [0, 0.1) is 11.8 Å². The van der Waals surface area contributed by atoms with Crippen LogP contribution in [0.1, 0.15) is 106 Å². The monoisotopic (exact) mass is 534 g/mol. The number of hydrogen-bond acceptors (Lipinski definition) is 5. The van der Waals surface area contributed by atoms with Crippen molar-refractivity contribution in [2.75, 3.05) is 13.2 Å². The van der Waals surface area contributed by atoms with Gasteiger partial charge in [0.05, 0.1) is 13.2 Å². The zero-order valence-electron chi connectivity index (χ0n) is 23.7. The van der Waals surface area contributed by atoms with Crippen LogP contribution in [0.2, 0.25) is 0 Å². The van der Waals surface area contributed by atoms with Gasteiger partial charge in [0.15, 0.2) is 4.90 Å². The van der Waals surface area contributed by atoms with Crippen molar-refractivity contribution in [1.82, 2.24) is 0 Å². The van der Waals surface area contributed by atoms with Crippen molar-refractivity contribution in [3.05, 3.63) is 28.8 Å². The van der Waals surface area contributed by atoms with Gasteiger partial charge in [0.1, 0.15) is 5.75 Å². The molecule has 0 fully saturated rings. The lowest BCUT2D eigenvalue weighted by molar-refractivity contribution is 0.172. The Morgan fingerprint density at radius 1 is 0.829 bits per heavy atom. The van der Waals surface area contributed by atoms with Crippen molar-refractivity contribution in [2.45, 2.75) is 105 Å². The van der Waals surface area contributed by atoms with E-state index in [1.54, 1.807) is 27.7 Å². The van der Waals surface area contributed by atoms with Gasteiger partial charge in [-0.05, 0) is 53.2 Å². The molecule has 1 aromatic carbocycles. The molecule has 0 saturated carbocycles. The van der Waals surface area contributed by atoms with E-state index >= 15 is 0 Å². The second-order valence-electron chi connectivity index (χ2n) is 12.0. The molecule has 3 N–H and O–H groups in total. The van der Waals surface area contributed by atoms with E-state index in [1.807, 2.05) is 67.5 Å². The minimum atomic E-state index is -5.12. The van der Waals surface area contributed by atoms with E-state index < -0.39 is 42.8 Å². The lowest BCUT2D eigenvalue weighted by Gasteiger charge is -2.48. The molecule has 0 aromatic heterocycles. The molecule has 0 radical (unpaired) electrons. The first-order chi connectivity index (χ1) is 15.6. The highest BCUT2D eigenvalue weighted by atomic mass is 31.2. The van der Waals surface area contributed by atoms with Crippen LogP contribution in [0.25, 0.3) is 0 Å². The molecular formula is C26H48O7P2. The van der Waals surface area contributed by atoms with Crippen molar-refractivity contribution in [3.8, 4) is 5.75 Å². The summed E-state index contributed by atoms with van der Waals surface area (Å²) >= 11 is 0. The highest BCUT2D eigenvalue weighted by Gasteiger charge is 2.69. The number of hydrogen-bond donors (Lipinski definition) is 3. The molecule has 0 aliphatic carbocycles. The van der Waals surface area contributed by atoms with E-state index in [1.165, 1.54) is 0 Å². The molecule has 7 nitrogen and oxygen atoms in total. The minimum absolute atomic E-state index is 0.0212. The molecule has 0 aliphatic rings. The van der Waals surface area contributed by atoms with Gasteiger partial charge in [-0.1, -0.05) is 81.4 Å². The maximum Gasteiger partial charge on any atom is 0.349 e. The Morgan fingerprint density at radius 3 is 1.43 bits per heavy atom. The van der Waals surface area contributed by atoms with Gasteiger partial charge < -0.3 is 23.9 Å². The van der Waals surface area contributed by atoms with Crippen LogP contribution in [0.4, 0.5) is 0 Å². The van der Waals surface area contributed by atoms with Gasteiger partial charge in [0, 0.05) is 5.92 Å². The zero-order valence-corrected chi connectivity index (χ0v) is 25.5. The highest BCUT2D eigenvalue weighted by Crippen LogP contribution is 2.81. The number of aromatic hydroxyl groups is 1. The van der Waals surface area contributed by atoms with Crippen LogP contribution in [0.3, 0.4) is 0 Å². The lowest BCUT2D eigenvalue weighted by atomic mass is 9.74. The molecule has 1 aromatic rings. The zero-order chi connectivity index (χ0) is 27.8. The quantitative estimate of drug-likeness (QED) is 0.266. The first-order valence-corrected chi connectivity index (χ1v) is 15.6. The summed E-state index contributed by atoms with van der Waals surface area (Å²) in [6, 6.07) is 3.62. The Hall–Kier alpha value is -0.680. The molecule has 9 heteroatoms. The molecule has 0 spiro atoms. The normalized spacial score (nSPS) is 16.6. The van der Waals surface area contributed by atoms with E-state index in [0.717, 1.165) is 0 Å². The third-order valence-electron chi connectivity index (χ3n) is 6.58. The fraction of sp³-hybridized carbons (Fsp3) is 0.769. The molecular weight excluding hydrogens is 486 g/mol. The summed E-state index contributed by atoms with van der Waals surface area (Å²) in [6.45, 7) is 22.1. The number of phenolic OH excluding ortho intramolecular Hbond substituents is 1. The molecule has 35 heavy (non-hydrogen) atoms. The standard InChI is InChI=1S/C26H48O7P2/c1-13-32-35(31,33-14-2)26(18(5)6,34(28,29)30)22(17(3)4)19-15-20(24(7,8)9)23(27)21(16-19)25(10,11)12/h15-18,22,27H,13-14H2,1-12H3,(H2,28,29,30). The van der Waals surface area contributed by atoms with Crippen molar-refractivity contribution in [3.63, 3.8) is 0 Å². The second kappa shape index (κ2) is 11.0. The average Bonchev–Trinajstić information content (AvgIpc) is 2.63. The lowest BCUT2D eigenvalue weighted by Crippen LogP contribution is -2.45. The van der Waals surface area contributed by atoms with E-state index in [2.05, 4.69) is 0 Å². The van der Waals surface area contributed by atoms with Gasteiger partial charge in [0.25, 0.3) is 0 Å². The summed E-state index contributed by atoms with van der Waals surface area (Å²) < 4.78 is 39.4. The summed E-state index contributed by atoms with van der Waals surface area (Å²) in [5.74, 6) is -1.83. The third-order valence-corrected chi connectivity index (χ3v) is 12.7. The Balaban J connectivity index is 4.39. The van der Waals surface area contributed by atoms with Crippen LogP contribution in [-0.2, 0) is 29.0 Å². The van der Waals surface area contributed by atoms with Crippen LogP contribution in [-0.4, -0.2) is 33.0 Å².